The lowest BCUT2D eigenvalue weighted by Gasteiger charge is -2.18. The summed E-state index contributed by atoms with van der Waals surface area (Å²) in [4.78, 5) is 12.7. The number of benzene rings is 2. The molecule has 0 saturated carbocycles. The van der Waals surface area contributed by atoms with Crippen LogP contribution in [0.1, 0.15) is 35.3 Å². The van der Waals surface area contributed by atoms with Crippen molar-refractivity contribution in [3.05, 3.63) is 47.5 Å². The van der Waals surface area contributed by atoms with Gasteiger partial charge < -0.3 is 24.3 Å². The van der Waals surface area contributed by atoms with Gasteiger partial charge in [-0.05, 0) is 43.3 Å². The summed E-state index contributed by atoms with van der Waals surface area (Å²) >= 11 is 0. The highest BCUT2D eigenvalue weighted by molar-refractivity contribution is 5.95. The van der Waals surface area contributed by atoms with Gasteiger partial charge in [0.05, 0.1) is 33.5 Å². The van der Waals surface area contributed by atoms with Crippen molar-refractivity contribution in [3.63, 3.8) is 0 Å². The summed E-state index contributed by atoms with van der Waals surface area (Å²) in [6.45, 7) is 3.10. The van der Waals surface area contributed by atoms with Crippen molar-refractivity contribution in [1.82, 2.24) is 5.32 Å². The predicted molar refractivity (Wildman–Crippen MR) is 97.5 cm³/mol. The molecular formula is C20H23NO5. The van der Waals surface area contributed by atoms with E-state index in [1.165, 1.54) is 0 Å². The maximum Gasteiger partial charge on any atom is 0.251 e. The molecule has 2 aromatic carbocycles. The van der Waals surface area contributed by atoms with Crippen LogP contribution in [0.25, 0.3) is 0 Å². The Hall–Kier alpha value is -2.89. The van der Waals surface area contributed by atoms with E-state index in [2.05, 4.69) is 5.32 Å². The van der Waals surface area contributed by atoms with E-state index in [-0.39, 0.29) is 11.9 Å². The molecule has 1 N–H and O–H groups in total. The highest BCUT2D eigenvalue weighted by atomic mass is 16.5. The van der Waals surface area contributed by atoms with Gasteiger partial charge in [0.25, 0.3) is 5.91 Å². The van der Waals surface area contributed by atoms with E-state index in [9.17, 15) is 4.79 Å². The minimum atomic E-state index is -0.261. The van der Waals surface area contributed by atoms with E-state index in [0.717, 1.165) is 12.0 Å². The number of fused-ring (bicyclic) bond motifs is 1. The maximum atomic E-state index is 12.7. The Morgan fingerprint density at radius 2 is 1.81 bits per heavy atom. The third-order valence-electron chi connectivity index (χ3n) is 4.26. The first kappa shape index (κ1) is 17.9. The van der Waals surface area contributed by atoms with E-state index in [1.54, 1.807) is 32.4 Å². The number of nitrogens with one attached hydrogen (secondary N) is 1. The van der Waals surface area contributed by atoms with E-state index in [0.29, 0.717) is 41.8 Å². The summed E-state index contributed by atoms with van der Waals surface area (Å²) in [5.74, 6) is 2.47. The molecule has 0 aliphatic carbocycles. The maximum absolute atomic E-state index is 12.7. The molecule has 1 heterocycles. The zero-order chi connectivity index (χ0) is 18.5. The highest BCUT2D eigenvalue weighted by Crippen LogP contribution is 2.32. The van der Waals surface area contributed by atoms with E-state index in [1.807, 2.05) is 25.1 Å². The summed E-state index contributed by atoms with van der Waals surface area (Å²) in [6, 6.07) is 10.5. The fourth-order valence-electron chi connectivity index (χ4n) is 2.84. The second kappa shape index (κ2) is 7.99. The average molecular weight is 357 g/mol. The Labute approximate surface area is 153 Å². The van der Waals surface area contributed by atoms with Crippen LogP contribution in [-0.4, -0.2) is 33.3 Å². The third kappa shape index (κ3) is 3.85. The van der Waals surface area contributed by atoms with Gasteiger partial charge in [0.2, 0.25) is 0 Å². The van der Waals surface area contributed by atoms with Crippen LogP contribution < -0.4 is 24.3 Å². The van der Waals surface area contributed by atoms with Crippen molar-refractivity contribution in [2.24, 2.45) is 0 Å². The quantitative estimate of drug-likeness (QED) is 0.889. The number of amides is 1. The summed E-state index contributed by atoms with van der Waals surface area (Å²) in [5, 5.41) is 2.99. The first-order chi connectivity index (χ1) is 12.6. The number of carbonyl (C=O) groups is 1. The first-order valence-electron chi connectivity index (χ1n) is 8.55. The molecule has 1 amide bonds. The van der Waals surface area contributed by atoms with Crippen molar-refractivity contribution in [3.8, 4) is 23.0 Å². The Bertz CT molecular complexity index is 790. The van der Waals surface area contributed by atoms with Gasteiger partial charge in [-0.2, -0.15) is 0 Å². The molecular weight excluding hydrogens is 334 g/mol. The third-order valence-corrected chi connectivity index (χ3v) is 4.26. The monoisotopic (exact) mass is 357 g/mol. The molecule has 1 aliphatic heterocycles. The molecule has 2 aromatic rings. The summed E-state index contributed by atoms with van der Waals surface area (Å²) in [6.07, 6.45) is 0.822. The predicted octanol–water partition coefficient (Wildman–Crippen LogP) is 3.36. The lowest BCUT2D eigenvalue weighted by molar-refractivity contribution is 0.0939. The van der Waals surface area contributed by atoms with E-state index < -0.39 is 0 Å². The van der Waals surface area contributed by atoms with E-state index >= 15 is 0 Å². The highest BCUT2D eigenvalue weighted by Gasteiger charge is 2.18. The molecule has 0 unspecified atom stereocenters. The minimum absolute atomic E-state index is 0.196. The molecule has 0 fully saturated rings. The van der Waals surface area contributed by atoms with Crippen molar-refractivity contribution >= 4 is 5.91 Å². The second-order valence-electron chi connectivity index (χ2n) is 6.02. The van der Waals surface area contributed by atoms with Gasteiger partial charge in [0, 0.05) is 17.5 Å². The molecule has 0 saturated heterocycles. The van der Waals surface area contributed by atoms with Crippen LogP contribution in [0, 0.1) is 0 Å². The smallest absolute Gasteiger partial charge is 0.251 e. The van der Waals surface area contributed by atoms with Crippen LogP contribution in [0.4, 0.5) is 0 Å². The van der Waals surface area contributed by atoms with Crippen LogP contribution in [0.15, 0.2) is 36.4 Å². The molecule has 3 rings (SSSR count). The zero-order valence-electron chi connectivity index (χ0n) is 15.2. The summed E-state index contributed by atoms with van der Waals surface area (Å²) in [7, 11) is 3.20. The van der Waals surface area contributed by atoms with Crippen molar-refractivity contribution in [2.75, 3.05) is 27.4 Å². The fraction of sp³-hybridized carbons (Fsp3) is 0.350. The van der Waals surface area contributed by atoms with E-state index in [4.69, 9.17) is 18.9 Å². The molecule has 1 atom stereocenters. The van der Waals surface area contributed by atoms with Gasteiger partial charge in [0.1, 0.15) is 11.5 Å². The Morgan fingerprint density at radius 1 is 1.04 bits per heavy atom. The van der Waals surface area contributed by atoms with Crippen LogP contribution in [0.5, 0.6) is 23.0 Å². The standard InChI is InChI=1S/C20H23NO5/c1-13(16-12-15(23-2)6-8-17(16)24-3)21-20(22)14-5-7-18-19(11-14)26-10-4-9-25-18/h5-8,11-13H,4,9-10H2,1-3H3,(H,21,22)/t13-/m0/s1. The van der Waals surface area contributed by atoms with Gasteiger partial charge in [-0.3, -0.25) is 4.79 Å². The van der Waals surface area contributed by atoms with Crippen LogP contribution >= 0.6 is 0 Å². The molecule has 6 nitrogen and oxygen atoms in total. The minimum Gasteiger partial charge on any atom is -0.497 e. The molecule has 6 heteroatoms. The van der Waals surface area contributed by atoms with Crippen LogP contribution in [0.3, 0.4) is 0 Å². The topological polar surface area (TPSA) is 66.0 Å². The Kier molecular flexibility index (Phi) is 5.51. The van der Waals surface area contributed by atoms with Gasteiger partial charge in [-0.15, -0.1) is 0 Å². The van der Waals surface area contributed by atoms with Crippen LogP contribution in [0.2, 0.25) is 0 Å². The van der Waals surface area contributed by atoms with Gasteiger partial charge in [-0.25, -0.2) is 0 Å². The molecule has 0 aromatic heterocycles. The number of ether oxygens (including phenoxy) is 4. The number of hydrogen-bond donors (Lipinski definition) is 1. The number of hydrogen-bond acceptors (Lipinski definition) is 5. The molecule has 0 radical (unpaired) electrons. The average Bonchev–Trinajstić information content (AvgIpc) is 2.92. The molecule has 26 heavy (non-hydrogen) atoms. The van der Waals surface area contributed by atoms with Gasteiger partial charge in [-0.1, -0.05) is 0 Å². The number of rotatable bonds is 5. The number of carbonyl (C=O) groups excluding carboxylic acids is 1. The zero-order valence-corrected chi connectivity index (χ0v) is 15.2. The normalized spacial score (nSPS) is 14.1. The van der Waals surface area contributed by atoms with Gasteiger partial charge >= 0.3 is 0 Å². The second-order valence-corrected chi connectivity index (χ2v) is 6.02. The molecule has 138 valence electrons. The lowest BCUT2D eigenvalue weighted by atomic mass is 10.1. The number of methoxy groups -OCH3 is 2. The first-order valence-corrected chi connectivity index (χ1v) is 8.55. The Balaban J connectivity index is 1.78. The Morgan fingerprint density at radius 3 is 2.54 bits per heavy atom. The molecule has 1 aliphatic rings. The van der Waals surface area contributed by atoms with Gasteiger partial charge in [0.15, 0.2) is 11.5 Å². The summed E-state index contributed by atoms with van der Waals surface area (Å²) < 4.78 is 21.9. The fourth-order valence-corrected chi connectivity index (χ4v) is 2.84. The van der Waals surface area contributed by atoms with Crippen LogP contribution in [-0.2, 0) is 0 Å². The molecule has 0 spiro atoms. The van der Waals surface area contributed by atoms with Crippen molar-refractivity contribution in [1.29, 1.82) is 0 Å². The molecule has 0 bridgehead atoms. The largest absolute Gasteiger partial charge is 0.497 e. The summed E-state index contributed by atoms with van der Waals surface area (Å²) in [5.41, 5.74) is 1.36. The SMILES string of the molecule is COc1ccc(OC)c([C@H](C)NC(=O)c2ccc3c(c2)OCCCO3)c1. The van der Waals surface area contributed by atoms with Crippen molar-refractivity contribution in [2.45, 2.75) is 19.4 Å². The van der Waals surface area contributed by atoms with Crippen molar-refractivity contribution < 1.29 is 23.7 Å². The lowest BCUT2D eigenvalue weighted by Crippen LogP contribution is -2.27.